The molecule has 1 amide bonds. The molecular weight excluding hydrogens is 454 g/mol. The van der Waals surface area contributed by atoms with E-state index in [2.05, 4.69) is 0 Å². The van der Waals surface area contributed by atoms with Crippen molar-refractivity contribution in [3.8, 4) is 5.75 Å². The molecule has 1 aliphatic rings. The zero-order chi connectivity index (χ0) is 25.1. The standard InChI is InChI=1S/C29H29N3O4/c1-3-35-24-17-11-8-14-21(24)26-25(28(34)36-4-2)27(33)31(19-18-20-12-6-5-7-13-20)29-30-22-15-9-10-16-23(22)32(26)29/h5-17,25-26H,3-4,18-19H2,1-2H3. The highest BCUT2D eigenvalue weighted by Gasteiger charge is 2.48. The Morgan fingerprint density at radius 1 is 0.917 bits per heavy atom. The number of imidazole rings is 1. The fourth-order valence-electron chi connectivity index (χ4n) is 4.93. The monoisotopic (exact) mass is 483 g/mol. The molecule has 0 saturated heterocycles. The first-order valence-electron chi connectivity index (χ1n) is 12.3. The van der Waals surface area contributed by atoms with Gasteiger partial charge in [0.1, 0.15) is 5.75 Å². The summed E-state index contributed by atoms with van der Waals surface area (Å²) in [6, 6.07) is 24.6. The largest absolute Gasteiger partial charge is 0.494 e. The predicted octanol–water partition coefficient (Wildman–Crippen LogP) is 4.79. The summed E-state index contributed by atoms with van der Waals surface area (Å²) in [5.41, 5.74) is 3.45. The number of benzene rings is 3. The minimum Gasteiger partial charge on any atom is -0.494 e. The summed E-state index contributed by atoms with van der Waals surface area (Å²) in [6.45, 7) is 4.70. The molecule has 0 aliphatic carbocycles. The average molecular weight is 484 g/mol. The molecule has 4 aromatic rings. The van der Waals surface area contributed by atoms with E-state index in [1.807, 2.05) is 90.4 Å². The van der Waals surface area contributed by atoms with Crippen molar-refractivity contribution < 1.29 is 19.1 Å². The van der Waals surface area contributed by atoms with Gasteiger partial charge in [0.05, 0.1) is 30.3 Å². The summed E-state index contributed by atoms with van der Waals surface area (Å²) in [5.74, 6) is -0.787. The number of para-hydroxylation sites is 3. The molecule has 0 saturated carbocycles. The smallest absolute Gasteiger partial charge is 0.321 e. The van der Waals surface area contributed by atoms with Crippen molar-refractivity contribution in [2.45, 2.75) is 26.3 Å². The highest BCUT2D eigenvalue weighted by atomic mass is 16.5. The maximum absolute atomic E-state index is 14.1. The Labute approximate surface area is 210 Å². The van der Waals surface area contributed by atoms with Crippen molar-refractivity contribution in [1.29, 1.82) is 0 Å². The first-order chi connectivity index (χ1) is 17.6. The van der Waals surface area contributed by atoms with Crippen LogP contribution in [0.4, 0.5) is 5.95 Å². The molecule has 2 heterocycles. The van der Waals surface area contributed by atoms with Crippen molar-refractivity contribution in [3.05, 3.63) is 90.0 Å². The SMILES string of the molecule is CCOC(=O)C1C(=O)N(CCc2ccccc2)c2nc3ccccc3n2C1c1ccccc1OCC. The van der Waals surface area contributed by atoms with Crippen molar-refractivity contribution >= 4 is 28.9 Å². The quantitative estimate of drug-likeness (QED) is 0.266. The van der Waals surface area contributed by atoms with Gasteiger partial charge in [-0.15, -0.1) is 0 Å². The molecular formula is C29H29N3O4. The maximum atomic E-state index is 14.1. The molecule has 0 radical (unpaired) electrons. The van der Waals surface area contributed by atoms with Crippen LogP contribution in [0.2, 0.25) is 0 Å². The van der Waals surface area contributed by atoms with Crippen molar-refractivity contribution in [2.24, 2.45) is 5.92 Å². The lowest BCUT2D eigenvalue weighted by Crippen LogP contribution is -2.50. The van der Waals surface area contributed by atoms with Crippen LogP contribution in [-0.4, -0.2) is 41.2 Å². The first kappa shape index (κ1) is 23.6. The molecule has 2 unspecified atom stereocenters. The Morgan fingerprint density at radius 3 is 2.42 bits per heavy atom. The van der Waals surface area contributed by atoms with E-state index in [9.17, 15) is 9.59 Å². The van der Waals surface area contributed by atoms with E-state index in [-0.39, 0.29) is 12.5 Å². The Morgan fingerprint density at radius 2 is 1.64 bits per heavy atom. The van der Waals surface area contributed by atoms with Gasteiger partial charge in [-0.3, -0.25) is 14.5 Å². The fourth-order valence-corrected chi connectivity index (χ4v) is 4.93. The molecule has 0 N–H and O–H groups in total. The average Bonchev–Trinajstić information content (AvgIpc) is 3.28. The lowest BCUT2D eigenvalue weighted by Gasteiger charge is -2.38. The van der Waals surface area contributed by atoms with Gasteiger partial charge >= 0.3 is 5.97 Å². The van der Waals surface area contributed by atoms with Crippen molar-refractivity contribution in [3.63, 3.8) is 0 Å². The molecule has 7 heteroatoms. The van der Waals surface area contributed by atoms with Crippen LogP contribution in [0.15, 0.2) is 78.9 Å². The molecule has 184 valence electrons. The molecule has 36 heavy (non-hydrogen) atoms. The molecule has 7 nitrogen and oxygen atoms in total. The number of esters is 1. The number of hydrogen-bond acceptors (Lipinski definition) is 5. The predicted molar refractivity (Wildman–Crippen MR) is 138 cm³/mol. The van der Waals surface area contributed by atoms with Crippen LogP contribution in [0, 0.1) is 5.92 Å². The van der Waals surface area contributed by atoms with Gasteiger partial charge in [0, 0.05) is 12.1 Å². The number of hydrogen-bond donors (Lipinski definition) is 0. The third-order valence-electron chi connectivity index (χ3n) is 6.49. The third-order valence-corrected chi connectivity index (χ3v) is 6.49. The molecule has 0 spiro atoms. The molecule has 2 atom stereocenters. The maximum Gasteiger partial charge on any atom is 0.321 e. The van der Waals surface area contributed by atoms with Crippen LogP contribution in [0.3, 0.4) is 0 Å². The number of fused-ring (bicyclic) bond motifs is 3. The van der Waals surface area contributed by atoms with Crippen molar-refractivity contribution in [1.82, 2.24) is 9.55 Å². The summed E-state index contributed by atoms with van der Waals surface area (Å²) in [5, 5.41) is 0. The number of carbonyl (C=O) groups excluding carboxylic acids is 2. The zero-order valence-electron chi connectivity index (χ0n) is 20.5. The number of nitrogens with zero attached hydrogens (tertiary/aromatic N) is 3. The normalized spacial score (nSPS) is 17.2. The number of anilines is 1. The van der Waals surface area contributed by atoms with Crippen LogP contribution < -0.4 is 9.64 Å². The van der Waals surface area contributed by atoms with Crippen LogP contribution >= 0.6 is 0 Å². The second-order valence-electron chi connectivity index (χ2n) is 8.64. The second-order valence-corrected chi connectivity index (χ2v) is 8.64. The molecule has 1 aliphatic heterocycles. The number of carbonyl (C=O) groups is 2. The number of rotatable bonds is 8. The fraction of sp³-hybridized carbons (Fsp3) is 0.276. The minimum absolute atomic E-state index is 0.185. The van der Waals surface area contributed by atoms with E-state index in [4.69, 9.17) is 14.5 Å². The van der Waals surface area contributed by atoms with E-state index < -0.39 is 17.9 Å². The zero-order valence-corrected chi connectivity index (χ0v) is 20.5. The van der Waals surface area contributed by atoms with Crippen LogP contribution in [0.25, 0.3) is 11.0 Å². The minimum atomic E-state index is -1.08. The van der Waals surface area contributed by atoms with E-state index in [1.54, 1.807) is 11.8 Å². The van der Waals surface area contributed by atoms with Crippen molar-refractivity contribution in [2.75, 3.05) is 24.7 Å². The van der Waals surface area contributed by atoms with Gasteiger partial charge in [0.25, 0.3) is 0 Å². The number of ether oxygens (including phenoxy) is 2. The Bertz CT molecular complexity index is 1380. The molecule has 0 fully saturated rings. The third kappa shape index (κ3) is 4.21. The van der Waals surface area contributed by atoms with Gasteiger partial charge in [-0.25, -0.2) is 4.98 Å². The summed E-state index contributed by atoms with van der Waals surface area (Å²) in [4.78, 5) is 34.0. The van der Waals surface area contributed by atoms with Gasteiger partial charge in [0.2, 0.25) is 11.9 Å². The Hall–Kier alpha value is -4.13. The number of amides is 1. The topological polar surface area (TPSA) is 73.7 Å². The van der Waals surface area contributed by atoms with Crippen LogP contribution in [0.1, 0.15) is 31.0 Å². The summed E-state index contributed by atoms with van der Waals surface area (Å²) in [7, 11) is 0. The second kappa shape index (κ2) is 10.2. The number of aromatic nitrogens is 2. The van der Waals surface area contributed by atoms with Gasteiger partial charge in [-0.2, -0.15) is 0 Å². The lowest BCUT2D eigenvalue weighted by molar-refractivity contribution is -0.153. The Kier molecular flexibility index (Phi) is 6.71. The summed E-state index contributed by atoms with van der Waals surface area (Å²) < 4.78 is 13.4. The highest BCUT2D eigenvalue weighted by molar-refractivity contribution is 6.08. The van der Waals surface area contributed by atoms with E-state index >= 15 is 0 Å². The van der Waals surface area contributed by atoms with Gasteiger partial charge in [-0.05, 0) is 44.0 Å². The van der Waals surface area contributed by atoms with Gasteiger partial charge in [-0.1, -0.05) is 60.7 Å². The summed E-state index contributed by atoms with van der Waals surface area (Å²) in [6.07, 6.45) is 0.630. The van der Waals surface area contributed by atoms with Crippen LogP contribution in [-0.2, 0) is 20.7 Å². The van der Waals surface area contributed by atoms with Crippen LogP contribution in [0.5, 0.6) is 5.75 Å². The molecule has 1 aromatic heterocycles. The summed E-state index contributed by atoms with van der Waals surface area (Å²) >= 11 is 0. The van der Waals surface area contributed by atoms with E-state index in [1.165, 1.54) is 0 Å². The van der Waals surface area contributed by atoms with E-state index in [0.29, 0.717) is 31.3 Å². The molecule has 0 bridgehead atoms. The first-order valence-corrected chi connectivity index (χ1v) is 12.3. The van der Waals surface area contributed by atoms with E-state index in [0.717, 1.165) is 22.2 Å². The lowest BCUT2D eigenvalue weighted by atomic mass is 9.88. The van der Waals surface area contributed by atoms with Gasteiger partial charge in [0.15, 0.2) is 5.92 Å². The molecule has 5 rings (SSSR count). The van der Waals surface area contributed by atoms with Gasteiger partial charge < -0.3 is 14.0 Å². The highest BCUT2D eigenvalue weighted by Crippen LogP contribution is 2.43. The molecule has 3 aromatic carbocycles. The Balaban J connectivity index is 1.70.